The van der Waals surface area contributed by atoms with Gasteiger partial charge < -0.3 is 9.15 Å². The average Bonchev–Trinajstić information content (AvgIpc) is 2.76. The Labute approximate surface area is 207 Å². The van der Waals surface area contributed by atoms with Gasteiger partial charge in [0.2, 0.25) is 11.2 Å². The second kappa shape index (κ2) is 9.06. The molecule has 0 radical (unpaired) electrons. The third kappa shape index (κ3) is 4.91. The van der Waals surface area contributed by atoms with E-state index in [0.717, 1.165) is 16.7 Å². The Kier molecular flexibility index (Phi) is 6.50. The van der Waals surface area contributed by atoms with E-state index in [4.69, 9.17) is 44.0 Å². The summed E-state index contributed by atoms with van der Waals surface area (Å²) in [5.41, 5.74) is 3.70. The van der Waals surface area contributed by atoms with Crippen molar-refractivity contribution in [1.29, 1.82) is 0 Å². The number of hydrogen-bond acceptors (Lipinski definition) is 3. The van der Waals surface area contributed by atoms with Crippen molar-refractivity contribution < 1.29 is 9.15 Å². The lowest BCUT2D eigenvalue weighted by atomic mass is 9.86. The van der Waals surface area contributed by atoms with Crippen molar-refractivity contribution in [3.63, 3.8) is 0 Å². The topological polar surface area (TPSA) is 39.4 Å². The first-order chi connectivity index (χ1) is 15.5. The number of ether oxygens (including phenoxy) is 1. The Balaban J connectivity index is 1.85. The molecule has 170 valence electrons. The van der Waals surface area contributed by atoms with Crippen LogP contribution in [0, 0.1) is 6.92 Å². The molecule has 0 amide bonds. The molecule has 0 atom stereocenters. The van der Waals surface area contributed by atoms with Gasteiger partial charge in [-0.15, -0.1) is 0 Å². The number of benzene rings is 3. The molecule has 3 nitrogen and oxygen atoms in total. The lowest BCUT2D eigenvalue weighted by Crippen LogP contribution is -2.12. The minimum Gasteiger partial charge on any atom is -0.481 e. The number of rotatable bonds is 4. The summed E-state index contributed by atoms with van der Waals surface area (Å²) in [5.74, 6) is 0.492. The van der Waals surface area contributed by atoms with Crippen LogP contribution in [-0.4, -0.2) is 0 Å². The van der Waals surface area contributed by atoms with Gasteiger partial charge in [0.05, 0.1) is 15.4 Å². The Morgan fingerprint density at radius 3 is 2.21 bits per heavy atom. The minimum atomic E-state index is -0.284. The maximum absolute atomic E-state index is 13.5. The first-order valence-electron chi connectivity index (χ1n) is 10.5. The average molecular weight is 502 g/mol. The molecule has 6 heteroatoms. The second-order valence-corrected chi connectivity index (χ2v) is 10.3. The van der Waals surface area contributed by atoms with Crippen LogP contribution in [0.1, 0.15) is 37.5 Å². The van der Waals surface area contributed by atoms with Gasteiger partial charge in [0.25, 0.3) is 0 Å². The summed E-state index contributed by atoms with van der Waals surface area (Å²) in [6.07, 6.45) is 0. The van der Waals surface area contributed by atoms with Crippen LogP contribution in [0.2, 0.25) is 15.1 Å². The quantitative estimate of drug-likeness (QED) is 0.281. The van der Waals surface area contributed by atoms with Crippen LogP contribution in [0.5, 0.6) is 5.75 Å². The second-order valence-electron chi connectivity index (χ2n) is 9.05. The van der Waals surface area contributed by atoms with Gasteiger partial charge in [-0.05, 0) is 53.3 Å². The molecule has 4 rings (SSSR count). The molecule has 0 N–H and O–H groups in total. The summed E-state index contributed by atoms with van der Waals surface area (Å²) in [7, 11) is 0. The molecule has 0 aliphatic heterocycles. The first kappa shape index (κ1) is 23.7. The van der Waals surface area contributed by atoms with E-state index in [1.807, 2.05) is 31.2 Å². The van der Waals surface area contributed by atoms with E-state index in [1.165, 1.54) is 5.56 Å². The number of hydrogen-bond donors (Lipinski definition) is 0. The maximum atomic E-state index is 13.5. The zero-order chi connectivity index (χ0) is 23.9. The third-order valence-electron chi connectivity index (χ3n) is 5.51. The monoisotopic (exact) mass is 500 g/mol. The Hall–Kier alpha value is -2.46. The summed E-state index contributed by atoms with van der Waals surface area (Å²) < 4.78 is 12.2. The van der Waals surface area contributed by atoms with E-state index >= 15 is 0 Å². The van der Waals surface area contributed by atoms with E-state index in [9.17, 15) is 4.79 Å². The Morgan fingerprint density at radius 2 is 1.58 bits per heavy atom. The van der Waals surface area contributed by atoms with Crippen LogP contribution in [0.15, 0.2) is 63.8 Å². The molecule has 3 aromatic carbocycles. The van der Waals surface area contributed by atoms with Crippen LogP contribution in [-0.2, 0) is 12.0 Å². The van der Waals surface area contributed by atoms with Gasteiger partial charge in [-0.25, -0.2) is 0 Å². The summed E-state index contributed by atoms with van der Waals surface area (Å²) in [5, 5.41) is 1.73. The fourth-order valence-electron chi connectivity index (χ4n) is 3.53. The lowest BCUT2D eigenvalue weighted by molar-refractivity contribution is 0.298. The standard InChI is InChI=1S/C27H23Cl3O3/c1-15-11-23-19(13-21(15)29)24(31)26(32-14-16-5-10-20(28)22(30)12-16)25(33-23)17-6-8-18(9-7-17)27(2,3)4/h5-13H,14H2,1-4H3. The van der Waals surface area contributed by atoms with Crippen molar-refractivity contribution in [1.82, 2.24) is 0 Å². The summed E-state index contributed by atoms with van der Waals surface area (Å²) in [6.45, 7) is 8.44. The number of aryl methyl sites for hydroxylation is 1. The van der Waals surface area contributed by atoms with E-state index < -0.39 is 0 Å². The molecular weight excluding hydrogens is 479 g/mol. The maximum Gasteiger partial charge on any atom is 0.235 e. The molecule has 1 aromatic heterocycles. The molecule has 0 saturated heterocycles. The van der Waals surface area contributed by atoms with Gasteiger partial charge in [0, 0.05) is 10.6 Å². The molecule has 0 fully saturated rings. The molecule has 0 spiro atoms. The van der Waals surface area contributed by atoms with Gasteiger partial charge in [-0.2, -0.15) is 0 Å². The predicted molar refractivity (Wildman–Crippen MR) is 137 cm³/mol. The fourth-order valence-corrected chi connectivity index (χ4v) is 4.01. The van der Waals surface area contributed by atoms with Gasteiger partial charge in [0.1, 0.15) is 12.2 Å². The molecular formula is C27H23Cl3O3. The Morgan fingerprint density at radius 1 is 0.879 bits per heavy atom. The highest BCUT2D eigenvalue weighted by Crippen LogP contribution is 2.34. The summed E-state index contributed by atoms with van der Waals surface area (Å²) in [4.78, 5) is 13.5. The lowest BCUT2D eigenvalue weighted by Gasteiger charge is -2.19. The molecule has 0 aliphatic rings. The molecule has 0 bridgehead atoms. The van der Waals surface area contributed by atoms with Crippen molar-refractivity contribution in [2.45, 2.75) is 39.7 Å². The molecule has 1 heterocycles. The van der Waals surface area contributed by atoms with Crippen LogP contribution >= 0.6 is 34.8 Å². The fraction of sp³-hybridized carbons (Fsp3) is 0.222. The smallest absolute Gasteiger partial charge is 0.235 e. The van der Waals surface area contributed by atoms with Crippen molar-refractivity contribution >= 4 is 45.8 Å². The highest BCUT2D eigenvalue weighted by molar-refractivity contribution is 6.42. The molecule has 0 saturated carbocycles. The largest absolute Gasteiger partial charge is 0.481 e. The van der Waals surface area contributed by atoms with Crippen LogP contribution in [0.3, 0.4) is 0 Å². The van der Waals surface area contributed by atoms with Gasteiger partial charge >= 0.3 is 0 Å². The molecule has 0 aliphatic carbocycles. The molecule has 4 aromatic rings. The van der Waals surface area contributed by atoms with E-state index in [1.54, 1.807) is 30.3 Å². The van der Waals surface area contributed by atoms with E-state index in [-0.39, 0.29) is 23.2 Å². The van der Waals surface area contributed by atoms with Gasteiger partial charge in [-0.3, -0.25) is 4.79 Å². The number of halogens is 3. The highest BCUT2D eigenvalue weighted by atomic mass is 35.5. The van der Waals surface area contributed by atoms with Crippen molar-refractivity contribution in [3.05, 3.63) is 96.6 Å². The zero-order valence-corrected chi connectivity index (χ0v) is 21.0. The molecule has 33 heavy (non-hydrogen) atoms. The third-order valence-corrected chi connectivity index (χ3v) is 6.66. The zero-order valence-electron chi connectivity index (χ0n) is 18.8. The van der Waals surface area contributed by atoms with Crippen LogP contribution < -0.4 is 10.2 Å². The predicted octanol–water partition coefficient (Wildman–Crippen LogP) is 8.61. The first-order valence-corrected chi connectivity index (χ1v) is 11.6. The summed E-state index contributed by atoms with van der Waals surface area (Å²) >= 11 is 18.4. The van der Waals surface area contributed by atoms with Crippen molar-refractivity contribution in [3.8, 4) is 17.1 Å². The van der Waals surface area contributed by atoms with Gasteiger partial charge in [-0.1, -0.05) is 85.9 Å². The van der Waals surface area contributed by atoms with Crippen LogP contribution in [0.25, 0.3) is 22.3 Å². The van der Waals surface area contributed by atoms with Crippen LogP contribution in [0.4, 0.5) is 0 Å². The van der Waals surface area contributed by atoms with E-state index in [2.05, 4.69) is 20.8 Å². The number of fused-ring (bicyclic) bond motifs is 1. The normalized spacial score (nSPS) is 11.7. The van der Waals surface area contributed by atoms with Crippen molar-refractivity contribution in [2.24, 2.45) is 0 Å². The molecule has 0 unspecified atom stereocenters. The van der Waals surface area contributed by atoms with E-state index in [0.29, 0.717) is 31.8 Å². The minimum absolute atomic E-state index is 0.00376. The SMILES string of the molecule is Cc1cc2oc(-c3ccc(C(C)(C)C)cc3)c(OCc3ccc(Cl)c(Cl)c3)c(=O)c2cc1Cl. The highest BCUT2D eigenvalue weighted by Gasteiger charge is 2.20. The Bertz CT molecular complexity index is 1400. The summed E-state index contributed by atoms with van der Waals surface area (Å²) in [6, 6.07) is 16.6. The van der Waals surface area contributed by atoms with Crippen molar-refractivity contribution in [2.75, 3.05) is 0 Å². The van der Waals surface area contributed by atoms with Gasteiger partial charge in [0.15, 0.2) is 5.76 Å².